The van der Waals surface area contributed by atoms with Gasteiger partial charge in [0.05, 0.1) is 5.75 Å². The van der Waals surface area contributed by atoms with Crippen LogP contribution in [0.5, 0.6) is 0 Å². The van der Waals surface area contributed by atoms with Crippen LogP contribution in [0.1, 0.15) is 12.8 Å². The number of nitrogens with two attached hydrogens (primary N) is 1. The van der Waals surface area contributed by atoms with Gasteiger partial charge in [-0.05, 0) is 19.4 Å². The van der Waals surface area contributed by atoms with Gasteiger partial charge in [0.1, 0.15) is 0 Å². The Bertz CT molecular complexity index is 156. The number of unbranched alkanes of at least 4 members (excludes halogenated alkanes) is 1. The summed E-state index contributed by atoms with van der Waals surface area (Å²) in [6, 6.07) is 0. The van der Waals surface area contributed by atoms with Gasteiger partial charge in [-0.2, -0.15) is 8.42 Å². The van der Waals surface area contributed by atoms with E-state index in [4.69, 9.17) is 10.3 Å². The number of rotatable bonds is 4. The molecular formula is C4H12KNO3S. The summed E-state index contributed by atoms with van der Waals surface area (Å²) in [6.07, 6.45) is 1.08. The fraction of sp³-hybridized carbons (Fsp3) is 1.00. The number of hydrogen-bond acceptors (Lipinski definition) is 3. The van der Waals surface area contributed by atoms with Gasteiger partial charge >= 0.3 is 51.4 Å². The van der Waals surface area contributed by atoms with Crippen LogP contribution < -0.4 is 5.73 Å². The fourth-order valence-electron chi connectivity index (χ4n) is 0.429. The summed E-state index contributed by atoms with van der Waals surface area (Å²) in [5.41, 5.74) is 5.08. The van der Waals surface area contributed by atoms with Crippen LogP contribution in [-0.4, -0.2) is 76.7 Å². The van der Waals surface area contributed by atoms with E-state index in [0.29, 0.717) is 19.4 Å². The van der Waals surface area contributed by atoms with Gasteiger partial charge in [-0.15, -0.1) is 0 Å². The quantitative estimate of drug-likeness (QED) is 0.340. The molecule has 0 aliphatic rings. The minimum absolute atomic E-state index is 0. The molecule has 0 saturated heterocycles. The van der Waals surface area contributed by atoms with E-state index in [0.717, 1.165) is 0 Å². The first kappa shape index (κ1) is 14.1. The summed E-state index contributed by atoms with van der Waals surface area (Å²) in [5.74, 6) is -0.176. The first-order chi connectivity index (χ1) is 4.06. The normalized spacial score (nSPS) is 10.6. The zero-order valence-electron chi connectivity index (χ0n) is 5.08. The Labute approximate surface area is 104 Å². The molecule has 0 aromatic rings. The second-order valence-corrected chi connectivity index (χ2v) is 3.35. The average molecular weight is 193 g/mol. The summed E-state index contributed by atoms with van der Waals surface area (Å²) < 4.78 is 28.2. The molecule has 0 heterocycles. The van der Waals surface area contributed by atoms with Crippen molar-refractivity contribution in [3.63, 3.8) is 0 Å². The summed E-state index contributed by atoms with van der Waals surface area (Å²) in [4.78, 5) is 0. The van der Waals surface area contributed by atoms with Crippen molar-refractivity contribution in [2.24, 2.45) is 5.73 Å². The molecule has 0 unspecified atom stereocenters. The Kier molecular flexibility index (Phi) is 10.1. The first-order valence-electron chi connectivity index (χ1n) is 2.71. The molecule has 0 rings (SSSR count). The predicted molar refractivity (Wildman–Crippen MR) is 41.9 cm³/mol. The molecule has 6 heteroatoms. The Morgan fingerprint density at radius 1 is 1.30 bits per heavy atom. The van der Waals surface area contributed by atoms with Crippen LogP contribution in [-0.2, 0) is 10.1 Å². The molecule has 0 amide bonds. The van der Waals surface area contributed by atoms with Gasteiger partial charge < -0.3 is 5.73 Å². The van der Waals surface area contributed by atoms with Crippen LogP contribution >= 0.6 is 0 Å². The van der Waals surface area contributed by atoms with Crippen molar-refractivity contribution in [3.8, 4) is 0 Å². The summed E-state index contributed by atoms with van der Waals surface area (Å²) in [7, 11) is -3.75. The van der Waals surface area contributed by atoms with E-state index < -0.39 is 10.1 Å². The van der Waals surface area contributed by atoms with Crippen LogP contribution in [0.2, 0.25) is 0 Å². The second kappa shape index (κ2) is 7.17. The van der Waals surface area contributed by atoms with E-state index in [1.165, 1.54) is 0 Å². The molecule has 0 spiro atoms. The van der Waals surface area contributed by atoms with Gasteiger partial charge in [-0.3, -0.25) is 4.55 Å². The molecular weight excluding hydrogens is 181 g/mol. The topological polar surface area (TPSA) is 80.4 Å². The molecule has 0 atom stereocenters. The molecule has 0 saturated carbocycles. The van der Waals surface area contributed by atoms with Crippen molar-refractivity contribution in [1.82, 2.24) is 0 Å². The van der Waals surface area contributed by atoms with Crippen molar-refractivity contribution < 1.29 is 13.0 Å². The van der Waals surface area contributed by atoms with Crippen molar-refractivity contribution >= 4 is 61.5 Å². The molecule has 0 bridgehead atoms. The van der Waals surface area contributed by atoms with Crippen molar-refractivity contribution in [2.75, 3.05) is 12.3 Å². The SMILES string of the molecule is NCCCCS(=O)(=O)O.[KH]. The molecule has 3 N–H and O–H groups in total. The van der Waals surface area contributed by atoms with Crippen molar-refractivity contribution in [3.05, 3.63) is 0 Å². The first-order valence-corrected chi connectivity index (χ1v) is 4.32. The second-order valence-electron chi connectivity index (χ2n) is 1.78. The van der Waals surface area contributed by atoms with E-state index in [1.54, 1.807) is 0 Å². The third-order valence-corrected chi connectivity index (χ3v) is 1.66. The Morgan fingerprint density at radius 3 is 2.10 bits per heavy atom. The molecule has 58 valence electrons. The Hall–Kier alpha value is 1.51. The van der Waals surface area contributed by atoms with E-state index >= 15 is 0 Å². The Morgan fingerprint density at radius 2 is 1.80 bits per heavy atom. The van der Waals surface area contributed by atoms with E-state index in [1.807, 2.05) is 0 Å². The molecule has 4 nitrogen and oxygen atoms in total. The van der Waals surface area contributed by atoms with Crippen molar-refractivity contribution in [2.45, 2.75) is 12.8 Å². The van der Waals surface area contributed by atoms with Gasteiger partial charge in [-0.1, -0.05) is 0 Å². The van der Waals surface area contributed by atoms with Crippen LogP contribution in [0.15, 0.2) is 0 Å². The third kappa shape index (κ3) is 12.2. The van der Waals surface area contributed by atoms with Crippen LogP contribution in [0.4, 0.5) is 0 Å². The van der Waals surface area contributed by atoms with E-state index in [2.05, 4.69) is 0 Å². The molecule has 0 aromatic carbocycles. The van der Waals surface area contributed by atoms with Crippen LogP contribution in [0.3, 0.4) is 0 Å². The molecule has 0 fully saturated rings. The minimum atomic E-state index is -3.75. The van der Waals surface area contributed by atoms with Gasteiger partial charge in [0.2, 0.25) is 0 Å². The molecule has 0 aromatic heterocycles. The van der Waals surface area contributed by atoms with Gasteiger partial charge in [0, 0.05) is 0 Å². The van der Waals surface area contributed by atoms with Crippen LogP contribution in [0.25, 0.3) is 0 Å². The zero-order valence-corrected chi connectivity index (χ0v) is 5.89. The molecule has 10 heavy (non-hydrogen) atoms. The van der Waals surface area contributed by atoms with Crippen LogP contribution in [0, 0.1) is 0 Å². The third-order valence-electron chi connectivity index (χ3n) is 0.856. The molecule has 0 aliphatic heterocycles. The van der Waals surface area contributed by atoms with Crippen molar-refractivity contribution in [1.29, 1.82) is 0 Å². The van der Waals surface area contributed by atoms with E-state index in [-0.39, 0.29) is 57.1 Å². The maximum atomic E-state index is 10.0. The molecule has 0 radical (unpaired) electrons. The van der Waals surface area contributed by atoms with E-state index in [9.17, 15) is 8.42 Å². The fourth-order valence-corrected chi connectivity index (χ4v) is 0.998. The monoisotopic (exact) mass is 193 g/mol. The molecule has 0 aliphatic carbocycles. The summed E-state index contributed by atoms with van der Waals surface area (Å²) >= 11 is 0. The predicted octanol–water partition coefficient (Wildman–Crippen LogP) is -1.04. The van der Waals surface area contributed by atoms with Gasteiger partial charge in [0.15, 0.2) is 0 Å². The van der Waals surface area contributed by atoms with Gasteiger partial charge in [-0.25, -0.2) is 0 Å². The Balaban J connectivity index is 0. The summed E-state index contributed by atoms with van der Waals surface area (Å²) in [6.45, 7) is 0.468. The average Bonchev–Trinajstić information content (AvgIpc) is 1.63. The number of hydrogen-bond donors (Lipinski definition) is 2. The van der Waals surface area contributed by atoms with Gasteiger partial charge in [0.25, 0.3) is 10.1 Å². The zero-order chi connectivity index (χ0) is 7.33. The maximum absolute atomic E-state index is 10.0. The standard InChI is InChI=1S/C4H11NO3S.K.H/c5-3-1-2-4-9(6,7)8;;/h1-5H2,(H,6,7,8);;. The summed E-state index contributed by atoms with van der Waals surface area (Å²) in [5, 5.41) is 0.